The normalized spacial score (nSPS) is 21.4. The SMILES string of the molecule is O=C1N[C@H](c2ccc(O)c(C(=O)O)c2)C(F)(F)CO1. The maximum atomic E-state index is 13.6. The average molecular weight is 273 g/mol. The number of halogens is 2. The summed E-state index contributed by atoms with van der Waals surface area (Å²) in [6.45, 7) is -1.09. The molecule has 0 saturated carbocycles. The van der Waals surface area contributed by atoms with Gasteiger partial charge < -0.3 is 20.3 Å². The third-order valence-electron chi connectivity index (χ3n) is 2.66. The van der Waals surface area contributed by atoms with Gasteiger partial charge in [-0.1, -0.05) is 6.07 Å². The van der Waals surface area contributed by atoms with Crippen LogP contribution in [0, 0.1) is 0 Å². The van der Waals surface area contributed by atoms with E-state index in [1.165, 1.54) is 0 Å². The van der Waals surface area contributed by atoms with Gasteiger partial charge in [-0.05, 0) is 17.7 Å². The molecule has 1 aromatic carbocycles. The van der Waals surface area contributed by atoms with Crippen LogP contribution in [0.1, 0.15) is 22.0 Å². The maximum Gasteiger partial charge on any atom is 0.408 e. The number of alkyl halides is 2. The van der Waals surface area contributed by atoms with Gasteiger partial charge in [-0.15, -0.1) is 0 Å². The molecule has 19 heavy (non-hydrogen) atoms. The zero-order chi connectivity index (χ0) is 14.2. The van der Waals surface area contributed by atoms with Crippen molar-refractivity contribution in [3.05, 3.63) is 29.3 Å². The smallest absolute Gasteiger partial charge is 0.408 e. The summed E-state index contributed by atoms with van der Waals surface area (Å²) in [5, 5.41) is 20.0. The number of hydrogen-bond acceptors (Lipinski definition) is 4. The molecule has 1 atom stereocenters. The molecule has 0 aromatic heterocycles. The number of amides is 1. The summed E-state index contributed by atoms with van der Waals surface area (Å²) >= 11 is 0. The molecule has 1 aliphatic rings. The van der Waals surface area contributed by atoms with Crippen LogP contribution < -0.4 is 5.32 Å². The first-order chi connectivity index (χ1) is 8.81. The highest BCUT2D eigenvalue weighted by Crippen LogP contribution is 2.35. The Morgan fingerprint density at radius 2 is 2.16 bits per heavy atom. The maximum absolute atomic E-state index is 13.6. The molecule has 2 rings (SSSR count). The van der Waals surface area contributed by atoms with Crippen molar-refractivity contribution in [1.29, 1.82) is 0 Å². The number of benzene rings is 1. The van der Waals surface area contributed by atoms with Crippen molar-refractivity contribution in [2.45, 2.75) is 12.0 Å². The number of aromatic hydroxyl groups is 1. The average Bonchev–Trinajstić information content (AvgIpc) is 2.33. The van der Waals surface area contributed by atoms with Gasteiger partial charge >= 0.3 is 18.0 Å². The molecule has 102 valence electrons. The zero-order valence-electron chi connectivity index (χ0n) is 9.39. The lowest BCUT2D eigenvalue weighted by molar-refractivity contribution is -0.104. The molecule has 6 nitrogen and oxygen atoms in total. The first-order valence-electron chi connectivity index (χ1n) is 5.18. The van der Waals surface area contributed by atoms with Crippen molar-refractivity contribution < 1.29 is 33.3 Å². The number of ether oxygens (including phenoxy) is 1. The minimum absolute atomic E-state index is 0.128. The fourth-order valence-electron chi connectivity index (χ4n) is 1.74. The Morgan fingerprint density at radius 3 is 2.79 bits per heavy atom. The number of hydrogen-bond donors (Lipinski definition) is 3. The van der Waals surface area contributed by atoms with E-state index in [2.05, 4.69) is 4.74 Å². The van der Waals surface area contributed by atoms with E-state index in [4.69, 9.17) is 5.11 Å². The van der Waals surface area contributed by atoms with Crippen LogP contribution in [-0.2, 0) is 4.74 Å². The Kier molecular flexibility index (Phi) is 3.01. The first-order valence-corrected chi connectivity index (χ1v) is 5.18. The monoisotopic (exact) mass is 273 g/mol. The molecule has 1 saturated heterocycles. The highest BCUT2D eigenvalue weighted by Gasteiger charge is 2.47. The Bertz CT molecular complexity index is 546. The Balaban J connectivity index is 2.42. The van der Waals surface area contributed by atoms with Gasteiger partial charge in [0.15, 0.2) is 6.61 Å². The molecule has 3 N–H and O–H groups in total. The number of carboxylic acids is 1. The van der Waals surface area contributed by atoms with E-state index < -0.39 is 41.9 Å². The molecule has 0 unspecified atom stereocenters. The quantitative estimate of drug-likeness (QED) is 0.759. The van der Waals surface area contributed by atoms with Crippen LogP contribution in [0.2, 0.25) is 0 Å². The predicted octanol–water partition coefficient (Wildman–Crippen LogP) is 1.51. The molecular formula is C11H9F2NO5. The fourth-order valence-corrected chi connectivity index (χ4v) is 1.74. The van der Waals surface area contributed by atoms with Gasteiger partial charge in [0, 0.05) is 0 Å². The standard InChI is InChI=1S/C11H9F2NO5/c12-11(13)4-19-10(18)14-8(11)5-1-2-7(15)6(3-5)9(16)17/h1-3,8,15H,4H2,(H,14,18)(H,16,17)/t8-/m1/s1. The number of cyclic esters (lactones) is 1. The lowest BCUT2D eigenvalue weighted by atomic mass is 9.97. The van der Waals surface area contributed by atoms with Crippen molar-refractivity contribution in [1.82, 2.24) is 5.32 Å². The molecule has 1 aromatic rings. The van der Waals surface area contributed by atoms with Gasteiger partial charge in [-0.3, -0.25) is 0 Å². The van der Waals surface area contributed by atoms with Crippen molar-refractivity contribution in [2.75, 3.05) is 6.61 Å². The molecule has 1 heterocycles. The highest BCUT2D eigenvalue weighted by molar-refractivity contribution is 5.91. The summed E-state index contributed by atoms with van der Waals surface area (Å²) in [6, 6.07) is 1.29. The molecule has 1 amide bonds. The van der Waals surface area contributed by atoms with Gasteiger partial charge in [0.25, 0.3) is 0 Å². The van der Waals surface area contributed by atoms with Gasteiger partial charge in [-0.2, -0.15) is 0 Å². The minimum atomic E-state index is -3.37. The molecular weight excluding hydrogens is 264 g/mol. The molecule has 1 aliphatic heterocycles. The van der Waals surface area contributed by atoms with E-state index in [1.54, 1.807) is 0 Å². The van der Waals surface area contributed by atoms with E-state index in [1.807, 2.05) is 5.32 Å². The Hall–Kier alpha value is -2.38. The van der Waals surface area contributed by atoms with Crippen LogP contribution in [0.25, 0.3) is 0 Å². The van der Waals surface area contributed by atoms with E-state index >= 15 is 0 Å². The number of nitrogens with one attached hydrogen (secondary N) is 1. The van der Waals surface area contributed by atoms with Gasteiger partial charge in [0.05, 0.1) is 0 Å². The number of rotatable bonds is 2. The van der Waals surface area contributed by atoms with Crippen LogP contribution in [0.15, 0.2) is 18.2 Å². The van der Waals surface area contributed by atoms with Crippen LogP contribution in [-0.4, -0.2) is 34.8 Å². The summed E-state index contributed by atoms with van der Waals surface area (Å²) in [5.41, 5.74) is -0.647. The van der Waals surface area contributed by atoms with Crippen LogP contribution in [0.4, 0.5) is 13.6 Å². The second kappa shape index (κ2) is 4.38. The van der Waals surface area contributed by atoms with Crippen LogP contribution in [0.5, 0.6) is 5.75 Å². The number of carbonyl (C=O) groups is 2. The summed E-state index contributed by atoms with van der Waals surface area (Å²) in [7, 11) is 0. The summed E-state index contributed by atoms with van der Waals surface area (Å²) in [4.78, 5) is 21.8. The van der Waals surface area contributed by atoms with Crippen LogP contribution in [0.3, 0.4) is 0 Å². The number of carbonyl (C=O) groups excluding carboxylic acids is 1. The van der Waals surface area contributed by atoms with Crippen LogP contribution >= 0.6 is 0 Å². The third-order valence-corrected chi connectivity index (χ3v) is 2.66. The first kappa shape index (κ1) is 13.1. The lowest BCUT2D eigenvalue weighted by Crippen LogP contribution is -2.49. The second-order valence-corrected chi connectivity index (χ2v) is 4.00. The highest BCUT2D eigenvalue weighted by atomic mass is 19.3. The summed E-state index contributed by atoms with van der Waals surface area (Å²) in [5.74, 6) is -5.38. The third kappa shape index (κ3) is 2.42. The summed E-state index contributed by atoms with van der Waals surface area (Å²) in [6.07, 6.45) is -1.01. The van der Waals surface area contributed by atoms with E-state index in [0.29, 0.717) is 0 Å². The number of alkyl carbamates (subject to hydrolysis) is 1. The second-order valence-electron chi connectivity index (χ2n) is 4.00. The number of carboxylic acid groups (broad SMARTS) is 1. The van der Waals surface area contributed by atoms with Crippen molar-refractivity contribution in [3.63, 3.8) is 0 Å². The Morgan fingerprint density at radius 1 is 1.47 bits per heavy atom. The number of aromatic carboxylic acids is 1. The minimum Gasteiger partial charge on any atom is -0.507 e. The Labute approximate surface area is 105 Å². The van der Waals surface area contributed by atoms with E-state index in [0.717, 1.165) is 18.2 Å². The van der Waals surface area contributed by atoms with Crippen molar-refractivity contribution in [3.8, 4) is 5.75 Å². The number of phenols is 1. The molecule has 0 aliphatic carbocycles. The van der Waals surface area contributed by atoms with E-state index in [-0.39, 0.29) is 5.56 Å². The fraction of sp³-hybridized carbons (Fsp3) is 0.273. The molecule has 8 heteroatoms. The topological polar surface area (TPSA) is 95.9 Å². The molecule has 0 radical (unpaired) electrons. The van der Waals surface area contributed by atoms with E-state index in [9.17, 15) is 23.5 Å². The largest absolute Gasteiger partial charge is 0.507 e. The predicted molar refractivity (Wildman–Crippen MR) is 57.2 cm³/mol. The molecule has 0 spiro atoms. The summed E-state index contributed by atoms with van der Waals surface area (Å²) < 4.78 is 31.4. The van der Waals surface area contributed by atoms with Crippen molar-refractivity contribution >= 4 is 12.1 Å². The van der Waals surface area contributed by atoms with Crippen molar-refractivity contribution in [2.24, 2.45) is 0 Å². The lowest BCUT2D eigenvalue weighted by Gasteiger charge is -2.31. The molecule has 0 bridgehead atoms. The van der Waals surface area contributed by atoms with Gasteiger partial charge in [-0.25, -0.2) is 18.4 Å². The molecule has 1 fully saturated rings. The van der Waals surface area contributed by atoms with Gasteiger partial charge in [0.2, 0.25) is 0 Å². The zero-order valence-corrected chi connectivity index (χ0v) is 9.39. The van der Waals surface area contributed by atoms with Gasteiger partial charge in [0.1, 0.15) is 17.4 Å².